The van der Waals surface area contributed by atoms with Gasteiger partial charge in [0.25, 0.3) is 5.91 Å². The summed E-state index contributed by atoms with van der Waals surface area (Å²) >= 11 is 1.60. The molecule has 0 aromatic heterocycles. The number of aliphatic carboxylic acids is 1. The average Bonchev–Trinajstić information content (AvgIpc) is 2.54. The van der Waals surface area contributed by atoms with Crippen LogP contribution in [0, 0.1) is 0 Å². The SMILES string of the molecule is C=CCOCC(NC(=O)C(C)Oc1ccc(SC)cc1)C(=O)O. The van der Waals surface area contributed by atoms with E-state index in [1.54, 1.807) is 30.8 Å². The fourth-order valence-corrected chi connectivity index (χ4v) is 2.05. The summed E-state index contributed by atoms with van der Waals surface area (Å²) in [7, 11) is 0. The summed E-state index contributed by atoms with van der Waals surface area (Å²) < 4.78 is 10.6. The van der Waals surface area contributed by atoms with Gasteiger partial charge in [0.1, 0.15) is 5.75 Å². The Hall–Kier alpha value is -1.99. The Morgan fingerprint density at radius 1 is 1.39 bits per heavy atom. The van der Waals surface area contributed by atoms with Gasteiger partial charge >= 0.3 is 5.97 Å². The van der Waals surface area contributed by atoms with Gasteiger partial charge in [0.15, 0.2) is 12.1 Å². The molecule has 1 aromatic rings. The van der Waals surface area contributed by atoms with E-state index >= 15 is 0 Å². The second-order valence-electron chi connectivity index (χ2n) is 4.66. The number of carbonyl (C=O) groups is 2. The molecule has 1 amide bonds. The molecule has 1 rings (SSSR count). The van der Waals surface area contributed by atoms with Gasteiger partial charge in [-0.1, -0.05) is 6.08 Å². The molecule has 0 spiro atoms. The Labute approximate surface area is 139 Å². The molecule has 0 saturated heterocycles. The summed E-state index contributed by atoms with van der Waals surface area (Å²) in [6.07, 6.45) is 2.65. The Morgan fingerprint density at radius 3 is 2.57 bits per heavy atom. The van der Waals surface area contributed by atoms with E-state index < -0.39 is 24.0 Å². The van der Waals surface area contributed by atoms with Gasteiger partial charge in [-0.2, -0.15) is 0 Å². The van der Waals surface area contributed by atoms with Crippen molar-refractivity contribution in [3.8, 4) is 5.75 Å². The van der Waals surface area contributed by atoms with Crippen molar-refractivity contribution in [2.45, 2.75) is 24.0 Å². The van der Waals surface area contributed by atoms with Gasteiger partial charge in [-0.25, -0.2) is 4.79 Å². The quantitative estimate of drug-likeness (QED) is 0.385. The zero-order valence-corrected chi connectivity index (χ0v) is 14.0. The number of thioether (sulfide) groups is 1. The van der Waals surface area contributed by atoms with Crippen LogP contribution in [0.25, 0.3) is 0 Å². The minimum atomic E-state index is -1.17. The Kier molecular flexibility index (Phi) is 8.21. The molecule has 1 aromatic carbocycles. The fraction of sp³-hybridized carbons (Fsp3) is 0.375. The number of benzene rings is 1. The van der Waals surface area contributed by atoms with Crippen LogP contribution in [-0.2, 0) is 14.3 Å². The summed E-state index contributed by atoms with van der Waals surface area (Å²) in [5, 5.41) is 11.5. The first-order valence-corrected chi connectivity index (χ1v) is 8.23. The van der Waals surface area contributed by atoms with Crippen molar-refractivity contribution in [3.05, 3.63) is 36.9 Å². The van der Waals surface area contributed by atoms with Crippen molar-refractivity contribution >= 4 is 23.6 Å². The van der Waals surface area contributed by atoms with Gasteiger partial charge in [0, 0.05) is 4.90 Å². The molecule has 0 aliphatic heterocycles. The third kappa shape index (κ3) is 6.75. The summed E-state index contributed by atoms with van der Waals surface area (Å²) in [6, 6.07) is 6.16. The first kappa shape index (κ1) is 19.1. The van der Waals surface area contributed by atoms with Crippen LogP contribution in [0.2, 0.25) is 0 Å². The molecule has 2 N–H and O–H groups in total. The molecule has 0 radical (unpaired) electrons. The van der Waals surface area contributed by atoms with Crippen LogP contribution in [0.4, 0.5) is 0 Å². The van der Waals surface area contributed by atoms with Crippen molar-refractivity contribution in [3.63, 3.8) is 0 Å². The molecule has 2 atom stereocenters. The lowest BCUT2D eigenvalue weighted by Gasteiger charge is -2.19. The summed E-state index contributed by atoms with van der Waals surface area (Å²) in [6.45, 7) is 5.11. The molecule has 126 valence electrons. The van der Waals surface area contributed by atoms with E-state index in [0.717, 1.165) is 4.90 Å². The number of hydrogen-bond acceptors (Lipinski definition) is 5. The molecule has 0 aliphatic rings. The highest BCUT2D eigenvalue weighted by Gasteiger charge is 2.24. The number of ether oxygens (including phenoxy) is 2. The van der Waals surface area contributed by atoms with Crippen LogP contribution < -0.4 is 10.1 Å². The Morgan fingerprint density at radius 2 is 2.04 bits per heavy atom. The zero-order chi connectivity index (χ0) is 17.2. The average molecular weight is 339 g/mol. The van der Waals surface area contributed by atoms with Crippen LogP contribution in [0.1, 0.15) is 6.92 Å². The Bertz CT molecular complexity index is 532. The third-order valence-electron chi connectivity index (χ3n) is 2.88. The van der Waals surface area contributed by atoms with Crippen LogP contribution >= 0.6 is 11.8 Å². The molecule has 2 unspecified atom stereocenters. The number of amides is 1. The lowest BCUT2D eigenvalue weighted by atomic mass is 10.2. The number of carboxylic acid groups (broad SMARTS) is 1. The lowest BCUT2D eigenvalue weighted by Crippen LogP contribution is -2.48. The monoisotopic (exact) mass is 339 g/mol. The number of carbonyl (C=O) groups excluding carboxylic acids is 1. The van der Waals surface area contributed by atoms with Gasteiger partial charge < -0.3 is 19.9 Å². The molecule has 0 fully saturated rings. The normalized spacial score (nSPS) is 13.0. The highest BCUT2D eigenvalue weighted by atomic mass is 32.2. The highest BCUT2D eigenvalue weighted by molar-refractivity contribution is 7.98. The van der Waals surface area contributed by atoms with E-state index in [-0.39, 0.29) is 13.2 Å². The van der Waals surface area contributed by atoms with Crippen molar-refractivity contribution in [1.82, 2.24) is 5.32 Å². The van der Waals surface area contributed by atoms with Gasteiger partial charge in [-0.05, 0) is 37.4 Å². The van der Waals surface area contributed by atoms with E-state index in [1.165, 1.54) is 6.08 Å². The second kappa shape index (κ2) is 9.91. The van der Waals surface area contributed by atoms with E-state index in [9.17, 15) is 9.59 Å². The second-order valence-corrected chi connectivity index (χ2v) is 5.54. The predicted octanol–water partition coefficient (Wildman–Crippen LogP) is 1.95. The van der Waals surface area contributed by atoms with E-state index in [2.05, 4.69) is 11.9 Å². The van der Waals surface area contributed by atoms with Crippen LogP contribution in [0.3, 0.4) is 0 Å². The summed E-state index contributed by atoms with van der Waals surface area (Å²) in [5.41, 5.74) is 0. The van der Waals surface area contributed by atoms with E-state index in [1.807, 2.05) is 18.4 Å². The summed E-state index contributed by atoms with van der Waals surface area (Å²) in [5.74, 6) is -1.15. The van der Waals surface area contributed by atoms with Gasteiger partial charge in [0.2, 0.25) is 0 Å². The maximum Gasteiger partial charge on any atom is 0.328 e. The van der Waals surface area contributed by atoms with Gasteiger partial charge in [-0.15, -0.1) is 18.3 Å². The van der Waals surface area contributed by atoms with Crippen molar-refractivity contribution in [1.29, 1.82) is 0 Å². The Balaban J connectivity index is 2.55. The van der Waals surface area contributed by atoms with Crippen LogP contribution in [0.5, 0.6) is 5.75 Å². The largest absolute Gasteiger partial charge is 0.481 e. The van der Waals surface area contributed by atoms with Gasteiger partial charge in [-0.3, -0.25) is 4.79 Å². The van der Waals surface area contributed by atoms with Crippen LogP contribution in [0.15, 0.2) is 41.8 Å². The lowest BCUT2D eigenvalue weighted by molar-refractivity contribution is -0.144. The van der Waals surface area contributed by atoms with E-state index in [0.29, 0.717) is 5.75 Å². The minimum Gasteiger partial charge on any atom is -0.481 e. The number of nitrogens with one attached hydrogen (secondary N) is 1. The maximum absolute atomic E-state index is 12.0. The molecule has 0 bridgehead atoms. The molecule has 23 heavy (non-hydrogen) atoms. The first-order chi connectivity index (χ1) is 11.0. The van der Waals surface area contributed by atoms with Crippen molar-refractivity contribution in [2.24, 2.45) is 0 Å². The minimum absolute atomic E-state index is 0.137. The fourth-order valence-electron chi connectivity index (χ4n) is 1.64. The molecule has 7 heteroatoms. The maximum atomic E-state index is 12.0. The zero-order valence-electron chi connectivity index (χ0n) is 13.2. The molecular formula is C16H21NO5S. The number of carboxylic acids is 1. The van der Waals surface area contributed by atoms with Crippen molar-refractivity contribution in [2.75, 3.05) is 19.5 Å². The molecule has 0 saturated carbocycles. The molecular weight excluding hydrogens is 318 g/mol. The molecule has 0 heterocycles. The number of rotatable bonds is 10. The predicted molar refractivity (Wildman–Crippen MR) is 88.9 cm³/mol. The van der Waals surface area contributed by atoms with Gasteiger partial charge in [0.05, 0.1) is 13.2 Å². The standard InChI is InChI=1S/C16H21NO5S/c1-4-9-21-10-14(16(19)20)17-15(18)11(2)22-12-5-7-13(23-3)8-6-12/h4-8,11,14H,1,9-10H2,2-3H3,(H,17,18)(H,19,20). The third-order valence-corrected chi connectivity index (χ3v) is 3.62. The first-order valence-electron chi connectivity index (χ1n) is 7.00. The highest BCUT2D eigenvalue weighted by Crippen LogP contribution is 2.19. The topological polar surface area (TPSA) is 84.9 Å². The van der Waals surface area contributed by atoms with Crippen LogP contribution in [-0.4, -0.2) is 48.6 Å². The molecule has 0 aliphatic carbocycles. The van der Waals surface area contributed by atoms with E-state index in [4.69, 9.17) is 14.6 Å². The smallest absolute Gasteiger partial charge is 0.328 e. The molecule has 6 nitrogen and oxygen atoms in total. The van der Waals surface area contributed by atoms with Crippen molar-refractivity contribution < 1.29 is 24.2 Å². The number of hydrogen-bond donors (Lipinski definition) is 2. The summed E-state index contributed by atoms with van der Waals surface area (Å²) in [4.78, 5) is 24.2.